The highest BCUT2D eigenvalue weighted by Gasteiger charge is 2.10. The number of nitrogens with one attached hydrogen (secondary N) is 1. The Labute approximate surface area is 147 Å². The van der Waals surface area contributed by atoms with Crippen molar-refractivity contribution < 1.29 is 13.6 Å². The molecule has 0 aliphatic heterocycles. The Morgan fingerprint density at radius 1 is 0.846 bits per heavy atom. The maximum atomic E-state index is 13.1. The average molecular weight is 349 g/mol. The van der Waals surface area contributed by atoms with Gasteiger partial charge in [-0.05, 0) is 60.7 Å². The molecule has 4 rings (SSSR count). The third kappa shape index (κ3) is 3.17. The van der Waals surface area contributed by atoms with Gasteiger partial charge in [0.2, 0.25) is 0 Å². The smallest absolute Gasteiger partial charge is 0.257 e. The molecule has 4 aromatic rings. The van der Waals surface area contributed by atoms with Crippen molar-refractivity contribution in [3.8, 4) is 11.3 Å². The number of benzene rings is 2. The summed E-state index contributed by atoms with van der Waals surface area (Å²) in [4.78, 5) is 16.9. The summed E-state index contributed by atoms with van der Waals surface area (Å²) in [5, 5.41) is 2.71. The molecule has 4 nitrogen and oxygen atoms in total. The van der Waals surface area contributed by atoms with Gasteiger partial charge in [-0.2, -0.15) is 0 Å². The van der Waals surface area contributed by atoms with E-state index in [0.717, 1.165) is 5.56 Å². The number of imidazole rings is 1. The first-order valence-corrected chi connectivity index (χ1v) is 7.90. The summed E-state index contributed by atoms with van der Waals surface area (Å²) in [6, 6.07) is 15.0. The molecule has 6 heteroatoms. The summed E-state index contributed by atoms with van der Waals surface area (Å²) in [6.45, 7) is 0. The number of aromatic nitrogens is 2. The highest BCUT2D eigenvalue weighted by Crippen LogP contribution is 2.20. The lowest BCUT2D eigenvalue weighted by Gasteiger charge is -2.05. The molecule has 0 radical (unpaired) electrons. The molecule has 0 aliphatic carbocycles. The molecule has 0 saturated carbocycles. The van der Waals surface area contributed by atoms with E-state index in [9.17, 15) is 13.6 Å². The second-order valence-corrected chi connectivity index (χ2v) is 5.78. The molecular formula is C20H13F2N3O. The molecule has 2 aromatic heterocycles. The molecule has 0 fully saturated rings. The Morgan fingerprint density at radius 2 is 1.50 bits per heavy atom. The average Bonchev–Trinajstić information content (AvgIpc) is 3.07. The van der Waals surface area contributed by atoms with Crippen molar-refractivity contribution in [2.75, 3.05) is 5.32 Å². The van der Waals surface area contributed by atoms with Crippen molar-refractivity contribution in [1.29, 1.82) is 0 Å². The molecule has 0 aliphatic rings. The van der Waals surface area contributed by atoms with E-state index >= 15 is 0 Å². The fraction of sp³-hybridized carbons (Fsp3) is 0. The largest absolute Gasteiger partial charge is 0.322 e. The van der Waals surface area contributed by atoms with Gasteiger partial charge in [-0.3, -0.25) is 4.79 Å². The lowest BCUT2D eigenvalue weighted by Crippen LogP contribution is -2.12. The number of nitrogens with zero attached hydrogens (tertiary/aromatic N) is 2. The first-order chi connectivity index (χ1) is 12.6. The predicted molar refractivity (Wildman–Crippen MR) is 94.9 cm³/mol. The van der Waals surface area contributed by atoms with Gasteiger partial charge in [0.05, 0.1) is 11.3 Å². The Bertz CT molecular complexity index is 1090. The molecular weight excluding hydrogens is 336 g/mol. The minimum absolute atomic E-state index is 0.308. The minimum atomic E-state index is -0.365. The molecule has 0 atom stereocenters. The Hall–Kier alpha value is -3.54. The van der Waals surface area contributed by atoms with Crippen LogP contribution in [0.2, 0.25) is 0 Å². The van der Waals surface area contributed by atoms with Crippen LogP contribution in [-0.4, -0.2) is 15.3 Å². The first-order valence-electron chi connectivity index (χ1n) is 7.90. The molecule has 128 valence electrons. The number of halogens is 2. The van der Waals surface area contributed by atoms with Crippen molar-refractivity contribution in [2.45, 2.75) is 0 Å². The topological polar surface area (TPSA) is 46.4 Å². The minimum Gasteiger partial charge on any atom is -0.322 e. The van der Waals surface area contributed by atoms with Crippen LogP contribution in [0.4, 0.5) is 14.5 Å². The molecule has 0 spiro atoms. The molecule has 26 heavy (non-hydrogen) atoms. The van der Waals surface area contributed by atoms with E-state index in [2.05, 4.69) is 10.3 Å². The monoisotopic (exact) mass is 349 g/mol. The van der Waals surface area contributed by atoms with Crippen LogP contribution in [0.5, 0.6) is 0 Å². The third-order valence-corrected chi connectivity index (χ3v) is 3.96. The second kappa shape index (κ2) is 6.40. The van der Waals surface area contributed by atoms with Crippen LogP contribution < -0.4 is 5.32 Å². The van der Waals surface area contributed by atoms with E-state index in [-0.39, 0.29) is 17.5 Å². The molecule has 2 heterocycles. The van der Waals surface area contributed by atoms with Crippen LogP contribution in [0.15, 0.2) is 73.1 Å². The van der Waals surface area contributed by atoms with E-state index in [1.807, 2.05) is 0 Å². The number of carbonyl (C=O) groups is 1. The van der Waals surface area contributed by atoms with E-state index < -0.39 is 0 Å². The Morgan fingerprint density at radius 3 is 2.19 bits per heavy atom. The fourth-order valence-electron chi connectivity index (χ4n) is 2.62. The van der Waals surface area contributed by atoms with Gasteiger partial charge in [0.25, 0.3) is 5.91 Å². The number of anilines is 1. The van der Waals surface area contributed by atoms with Gasteiger partial charge >= 0.3 is 0 Å². The van der Waals surface area contributed by atoms with Crippen LogP contribution in [0.25, 0.3) is 16.9 Å². The standard InChI is InChI=1S/C20H13F2N3O/c21-15-4-1-13(2-5-15)18-12-25-11-14(3-10-19(25)24-18)20(26)23-17-8-6-16(22)7-9-17/h1-12H,(H,23,26). The zero-order valence-electron chi connectivity index (χ0n) is 13.5. The maximum absolute atomic E-state index is 13.1. The van der Waals surface area contributed by atoms with E-state index in [1.54, 1.807) is 41.1 Å². The lowest BCUT2D eigenvalue weighted by molar-refractivity contribution is 0.102. The predicted octanol–water partition coefficient (Wildman–Crippen LogP) is 4.53. The summed E-state index contributed by atoms with van der Waals surface area (Å²) in [5.41, 5.74) is 3.08. The number of rotatable bonds is 3. The van der Waals surface area contributed by atoms with Crippen molar-refractivity contribution in [3.05, 3.63) is 90.3 Å². The number of carbonyl (C=O) groups excluding carboxylic acids is 1. The Balaban J connectivity index is 1.61. The van der Waals surface area contributed by atoms with Gasteiger partial charge in [-0.25, -0.2) is 13.8 Å². The van der Waals surface area contributed by atoms with Gasteiger partial charge in [-0.1, -0.05) is 0 Å². The molecule has 0 bridgehead atoms. The van der Waals surface area contributed by atoms with E-state index in [0.29, 0.717) is 22.6 Å². The summed E-state index contributed by atoms with van der Waals surface area (Å²) in [5.74, 6) is -0.982. The van der Waals surface area contributed by atoms with Crippen LogP contribution in [-0.2, 0) is 0 Å². The van der Waals surface area contributed by atoms with Crippen molar-refractivity contribution in [1.82, 2.24) is 9.38 Å². The number of pyridine rings is 1. The summed E-state index contributed by atoms with van der Waals surface area (Å²) in [6.07, 6.45) is 3.44. The third-order valence-electron chi connectivity index (χ3n) is 3.96. The van der Waals surface area contributed by atoms with Crippen LogP contribution in [0.3, 0.4) is 0 Å². The van der Waals surface area contributed by atoms with Gasteiger partial charge in [-0.15, -0.1) is 0 Å². The number of hydrogen-bond acceptors (Lipinski definition) is 2. The summed E-state index contributed by atoms with van der Waals surface area (Å²) in [7, 11) is 0. The van der Waals surface area contributed by atoms with Crippen molar-refractivity contribution in [3.63, 3.8) is 0 Å². The van der Waals surface area contributed by atoms with Gasteiger partial charge in [0, 0.05) is 23.6 Å². The highest BCUT2D eigenvalue weighted by atomic mass is 19.1. The van der Waals surface area contributed by atoms with E-state index in [4.69, 9.17) is 0 Å². The van der Waals surface area contributed by atoms with Crippen LogP contribution in [0.1, 0.15) is 10.4 Å². The van der Waals surface area contributed by atoms with Crippen molar-refractivity contribution in [2.24, 2.45) is 0 Å². The van der Waals surface area contributed by atoms with Crippen LogP contribution in [0, 0.1) is 11.6 Å². The molecule has 1 amide bonds. The number of fused-ring (bicyclic) bond motifs is 1. The normalized spacial score (nSPS) is 10.8. The highest BCUT2D eigenvalue weighted by molar-refractivity contribution is 6.04. The number of amides is 1. The quantitative estimate of drug-likeness (QED) is 0.591. The Kier molecular flexibility index (Phi) is 3.93. The molecule has 0 unspecified atom stereocenters. The maximum Gasteiger partial charge on any atom is 0.257 e. The van der Waals surface area contributed by atoms with Gasteiger partial charge in [0.15, 0.2) is 0 Å². The second-order valence-electron chi connectivity index (χ2n) is 5.78. The number of hydrogen-bond donors (Lipinski definition) is 1. The van der Waals surface area contributed by atoms with E-state index in [1.165, 1.54) is 36.4 Å². The molecule has 0 saturated heterocycles. The SMILES string of the molecule is O=C(Nc1ccc(F)cc1)c1ccc2nc(-c3ccc(F)cc3)cn2c1. The zero-order chi connectivity index (χ0) is 18.1. The first kappa shape index (κ1) is 16.0. The summed E-state index contributed by atoms with van der Waals surface area (Å²) < 4.78 is 27.7. The van der Waals surface area contributed by atoms with Crippen molar-refractivity contribution >= 4 is 17.2 Å². The summed E-state index contributed by atoms with van der Waals surface area (Å²) >= 11 is 0. The van der Waals surface area contributed by atoms with Crippen LogP contribution >= 0.6 is 0 Å². The lowest BCUT2D eigenvalue weighted by atomic mass is 10.2. The zero-order valence-corrected chi connectivity index (χ0v) is 13.5. The molecule has 1 N–H and O–H groups in total. The fourth-order valence-corrected chi connectivity index (χ4v) is 2.62. The van der Waals surface area contributed by atoms with Gasteiger partial charge < -0.3 is 9.72 Å². The molecule has 2 aromatic carbocycles. The van der Waals surface area contributed by atoms with Gasteiger partial charge in [0.1, 0.15) is 17.3 Å².